The fourth-order valence-electron chi connectivity index (χ4n) is 1.56. The Morgan fingerprint density at radius 3 is 2.83 bits per heavy atom. The van der Waals surface area contributed by atoms with Gasteiger partial charge in [0, 0.05) is 10.5 Å². The molecule has 0 spiro atoms. The molecule has 1 aromatic carbocycles. The van der Waals surface area contributed by atoms with E-state index in [1.165, 1.54) is 0 Å². The Kier molecular flexibility index (Phi) is 4.43. The summed E-state index contributed by atoms with van der Waals surface area (Å²) in [5.41, 5.74) is 1.16. The van der Waals surface area contributed by atoms with E-state index in [0.29, 0.717) is 19.1 Å². The van der Waals surface area contributed by atoms with E-state index in [9.17, 15) is 0 Å². The van der Waals surface area contributed by atoms with E-state index in [2.05, 4.69) is 56.7 Å². The molecule has 0 bridgehead atoms. The van der Waals surface area contributed by atoms with Crippen LogP contribution in [0.25, 0.3) is 0 Å². The highest BCUT2D eigenvalue weighted by Crippen LogP contribution is 2.16. The van der Waals surface area contributed by atoms with Crippen LogP contribution in [0.15, 0.2) is 28.7 Å². The normalized spacial score (nSPS) is 11.1. The Balaban J connectivity index is 2.10. The summed E-state index contributed by atoms with van der Waals surface area (Å²) in [5, 5.41) is 15.1. The standard InChI is InChI=1S/C12H16BrN5/c1-9(2)14-7-12-15-16-17-18(12)8-10-5-3-4-6-11(10)13/h3-6,9,14H,7-8H2,1-2H3. The van der Waals surface area contributed by atoms with Crippen LogP contribution in [0.2, 0.25) is 0 Å². The second-order valence-corrected chi connectivity index (χ2v) is 5.23. The molecule has 0 amide bonds. The molecule has 0 aliphatic carbocycles. The van der Waals surface area contributed by atoms with E-state index in [0.717, 1.165) is 15.9 Å². The molecule has 96 valence electrons. The highest BCUT2D eigenvalue weighted by molar-refractivity contribution is 9.10. The van der Waals surface area contributed by atoms with Crippen molar-refractivity contribution in [3.8, 4) is 0 Å². The monoisotopic (exact) mass is 309 g/mol. The van der Waals surface area contributed by atoms with Crippen molar-refractivity contribution in [3.05, 3.63) is 40.1 Å². The molecule has 2 aromatic rings. The molecule has 0 saturated heterocycles. The van der Waals surface area contributed by atoms with Crippen LogP contribution in [0, 0.1) is 0 Å². The highest BCUT2D eigenvalue weighted by atomic mass is 79.9. The van der Waals surface area contributed by atoms with E-state index in [-0.39, 0.29) is 0 Å². The molecule has 0 aliphatic rings. The van der Waals surface area contributed by atoms with Gasteiger partial charge in [-0.1, -0.05) is 48.0 Å². The van der Waals surface area contributed by atoms with E-state index in [1.54, 1.807) is 0 Å². The van der Waals surface area contributed by atoms with Gasteiger partial charge in [-0.05, 0) is 22.1 Å². The minimum absolute atomic E-state index is 0.415. The molecule has 1 N–H and O–H groups in total. The summed E-state index contributed by atoms with van der Waals surface area (Å²) in [6.07, 6.45) is 0. The molecule has 0 aliphatic heterocycles. The van der Waals surface area contributed by atoms with Gasteiger partial charge in [-0.2, -0.15) is 0 Å². The third-order valence-corrected chi connectivity index (χ3v) is 3.33. The molecule has 0 radical (unpaired) electrons. The Hall–Kier alpha value is -1.27. The fourth-order valence-corrected chi connectivity index (χ4v) is 1.97. The van der Waals surface area contributed by atoms with Gasteiger partial charge in [0.2, 0.25) is 0 Å². The SMILES string of the molecule is CC(C)NCc1nnnn1Cc1ccccc1Br. The minimum Gasteiger partial charge on any atom is -0.308 e. The summed E-state index contributed by atoms with van der Waals surface area (Å²) in [4.78, 5) is 0. The van der Waals surface area contributed by atoms with E-state index in [4.69, 9.17) is 0 Å². The first-order valence-corrected chi connectivity index (χ1v) is 6.68. The lowest BCUT2D eigenvalue weighted by atomic mass is 10.2. The molecule has 0 fully saturated rings. The van der Waals surface area contributed by atoms with Gasteiger partial charge in [0.15, 0.2) is 5.82 Å². The van der Waals surface area contributed by atoms with Crippen molar-refractivity contribution in [2.75, 3.05) is 0 Å². The van der Waals surface area contributed by atoms with Gasteiger partial charge >= 0.3 is 0 Å². The molecule has 1 aromatic heterocycles. The van der Waals surface area contributed by atoms with Crippen molar-refractivity contribution in [1.82, 2.24) is 25.5 Å². The number of aromatic nitrogens is 4. The molecule has 0 atom stereocenters. The average Bonchev–Trinajstić information content (AvgIpc) is 2.77. The summed E-state index contributed by atoms with van der Waals surface area (Å²) in [7, 11) is 0. The van der Waals surface area contributed by atoms with E-state index < -0.39 is 0 Å². The molecule has 18 heavy (non-hydrogen) atoms. The van der Waals surface area contributed by atoms with Crippen LogP contribution in [0.3, 0.4) is 0 Å². The number of nitrogens with zero attached hydrogens (tertiary/aromatic N) is 4. The van der Waals surface area contributed by atoms with Crippen molar-refractivity contribution in [1.29, 1.82) is 0 Å². The Morgan fingerprint density at radius 1 is 1.33 bits per heavy atom. The number of nitrogens with one attached hydrogen (secondary N) is 1. The number of hydrogen-bond donors (Lipinski definition) is 1. The Morgan fingerprint density at radius 2 is 2.11 bits per heavy atom. The fraction of sp³-hybridized carbons (Fsp3) is 0.417. The molecular formula is C12H16BrN5. The maximum Gasteiger partial charge on any atom is 0.165 e. The number of benzene rings is 1. The van der Waals surface area contributed by atoms with Crippen molar-refractivity contribution in [2.24, 2.45) is 0 Å². The first-order chi connectivity index (χ1) is 8.66. The van der Waals surface area contributed by atoms with E-state index in [1.807, 2.05) is 22.9 Å². The maximum atomic E-state index is 4.04. The van der Waals surface area contributed by atoms with Gasteiger partial charge in [-0.3, -0.25) is 0 Å². The summed E-state index contributed by atoms with van der Waals surface area (Å²) in [6, 6.07) is 8.50. The third kappa shape index (κ3) is 3.36. The maximum absolute atomic E-state index is 4.04. The Bertz CT molecular complexity index is 509. The lowest BCUT2D eigenvalue weighted by molar-refractivity contribution is 0.537. The number of hydrogen-bond acceptors (Lipinski definition) is 4. The van der Waals surface area contributed by atoms with Crippen molar-refractivity contribution in [2.45, 2.75) is 33.0 Å². The van der Waals surface area contributed by atoms with Gasteiger partial charge in [0.05, 0.1) is 13.1 Å². The van der Waals surface area contributed by atoms with Gasteiger partial charge < -0.3 is 5.32 Å². The van der Waals surface area contributed by atoms with Crippen molar-refractivity contribution < 1.29 is 0 Å². The number of halogens is 1. The van der Waals surface area contributed by atoms with Crippen LogP contribution in [-0.4, -0.2) is 26.2 Å². The molecule has 2 rings (SSSR count). The predicted octanol–water partition coefficient (Wildman–Crippen LogP) is 1.98. The van der Waals surface area contributed by atoms with Crippen molar-refractivity contribution in [3.63, 3.8) is 0 Å². The zero-order valence-electron chi connectivity index (χ0n) is 10.5. The zero-order chi connectivity index (χ0) is 13.0. The lowest BCUT2D eigenvalue weighted by Crippen LogP contribution is -2.24. The van der Waals surface area contributed by atoms with E-state index >= 15 is 0 Å². The number of rotatable bonds is 5. The van der Waals surface area contributed by atoms with Crippen molar-refractivity contribution >= 4 is 15.9 Å². The van der Waals surface area contributed by atoms with Gasteiger partial charge in [0.1, 0.15) is 0 Å². The summed E-state index contributed by atoms with van der Waals surface area (Å²) in [6.45, 7) is 5.54. The van der Waals surface area contributed by atoms with Gasteiger partial charge in [0.25, 0.3) is 0 Å². The zero-order valence-corrected chi connectivity index (χ0v) is 12.1. The second-order valence-electron chi connectivity index (χ2n) is 4.38. The van der Waals surface area contributed by atoms with Crippen LogP contribution in [0.1, 0.15) is 25.2 Å². The number of tetrazole rings is 1. The van der Waals surface area contributed by atoms with Crippen LogP contribution in [0.4, 0.5) is 0 Å². The summed E-state index contributed by atoms with van der Waals surface area (Å²) >= 11 is 3.53. The molecule has 0 unspecified atom stereocenters. The summed E-state index contributed by atoms with van der Waals surface area (Å²) < 4.78 is 2.89. The topological polar surface area (TPSA) is 55.6 Å². The first-order valence-electron chi connectivity index (χ1n) is 5.88. The quantitative estimate of drug-likeness (QED) is 0.917. The Labute approximate surface area is 115 Å². The molecule has 0 saturated carbocycles. The molecule has 1 heterocycles. The molecule has 6 heteroatoms. The highest BCUT2D eigenvalue weighted by Gasteiger charge is 2.08. The molecular weight excluding hydrogens is 294 g/mol. The second kappa shape index (κ2) is 6.06. The largest absolute Gasteiger partial charge is 0.308 e. The smallest absolute Gasteiger partial charge is 0.165 e. The van der Waals surface area contributed by atoms with Crippen LogP contribution in [-0.2, 0) is 13.1 Å². The minimum atomic E-state index is 0.415. The van der Waals surface area contributed by atoms with Crippen LogP contribution in [0.5, 0.6) is 0 Å². The van der Waals surface area contributed by atoms with Gasteiger partial charge in [-0.25, -0.2) is 4.68 Å². The van der Waals surface area contributed by atoms with Gasteiger partial charge in [-0.15, -0.1) is 5.10 Å². The average molecular weight is 310 g/mol. The molecule has 5 nitrogen and oxygen atoms in total. The van der Waals surface area contributed by atoms with Crippen LogP contribution >= 0.6 is 15.9 Å². The predicted molar refractivity (Wildman–Crippen MR) is 73.0 cm³/mol. The summed E-state index contributed by atoms with van der Waals surface area (Å²) in [5.74, 6) is 0.847. The lowest BCUT2D eigenvalue weighted by Gasteiger charge is -2.09. The van der Waals surface area contributed by atoms with Crippen LogP contribution < -0.4 is 5.32 Å². The third-order valence-electron chi connectivity index (χ3n) is 2.55. The first kappa shape index (κ1) is 13.2.